The molecule has 174 valence electrons. The molecule has 1 unspecified atom stereocenters. The highest BCUT2D eigenvalue weighted by Gasteiger charge is 2.44. The van der Waals surface area contributed by atoms with Gasteiger partial charge in [-0.15, -0.1) is 0 Å². The van der Waals surface area contributed by atoms with Gasteiger partial charge in [0.2, 0.25) is 5.78 Å². The van der Waals surface area contributed by atoms with Gasteiger partial charge in [0.05, 0.1) is 19.2 Å². The van der Waals surface area contributed by atoms with Gasteiger partial charge in [-0.1, -0.05) is 11.8 Å². The van der Waals surface area contributed by atoms with Crippen molar-refractivity contribution in [2.24, 2.45) is 0 Å². The van der Waals surface area contributed by atoms with Gasteiger partial charge >= 0.3 is 5.97 Å². The SMILES string of the molecule is CCOC(=O)c1[nH]c(C)c(C([O-])=C2C(=O)C(=O)N(Cc3ccc[nH+]c3)C2c2cccnc2)c1C. The van der Waals surface area contributed by atoms with Gasteiger partial charge in [-0.2, -0.15) is 0 Å². The number of likely N-dealkylation sites (tertiary alicyclic amines) is 1. The molecule has 3 aromatic heterocycles. The van der Waals surface area contributed by atoms with E-state index in [4.69, 9.17) is 4.74 Å². The number of rotatable bonds is 6. The molecule has 0 spiro atoms. The van der Waals surface area contributed by atoms with E-state index >= 15 is 0 Å². The lowest BCUT2D eigenvalue weighted by Gasteiger charge is -2.27. The summed E-state index contributed by atoms with van der Waals surface area (Å²) in [6, 6.07) is 6.10. The van der Waals surface area contributed by atoms with Crippen LogP contribution in [-0.2, 0) is 20.9 Å². The van der Waals surface area contributed by atoms with Crippen molar-refractivity contribution in [1.82, 2.24) is 14.9 Å². The Morgan fingerprint density at radius 3 is 2.71 bits per heavy atom. The molecule has 1 aliphatic heterocycles. The molecule has 1 aliphatic rings. The van der Waals surface area contributed by atoms with Crippen LogP contribution in [0, 0.1) is 13.8 Å². The van der Waals surface area contributed by atoms with E-state index < -0.39 is 29.5 Å². The Kier molecular flexibility index (Phi) is 6.27. The van der Waals surface area contributed by atoms with Gasteiger partial charge in [-0.3, -0.25) is 14.6 Å². The monoisotopic (exact) mass is 460 g/mol. The molecule has 3 aromatic rings. The lowest BCUT2D eigenvalue weighted by atomic mass is 9.95. The molecule has 34 heavy (non-hydrogen) atoms. The van der Waals surface area contributed by atoms with Crippen molar-refractivity contribution >= 4 is 23.4 Å². The van der Waals surface area contributed by atoms with Crippen molar-refractivity contribution in [2.45, 2.75) is 33.4 Å². The first kappa shape index (κ1) is 22.9. The molecule has 4 rings (SSSR count). The summed E-state index contributed by atoms with van der Waals surface area (Å²) in [6.45, 7) is 5.24. The molecule has 0 radical (unpaired) electrons. The molecular weight excluding hydrogens is 436 g/mol. The standard InChI is InChI=1S/C25H24N4O5/c1-4-34-25(33)20-14(2)18(15(3)28-20)22(30)19-21(17-8-6-10-27-12-17)29(24(32)23(19)31)13-16-7-5-9-26-11-16/h5-12,21,28,30H,4,13H2,1-3H3. The van der Waals surface area contributed by atoms with Gasteiger partial charge in [0.25, 0.3) is 5.91 Å². The molecule has 9 heteroatoms. The third kappa shape index (κ3) is 3.96. The van der Waals surface area contributed by atoms with Crippen LogP contribution in [0.1, 0.15) is 51.4 Å². The third-order valence-corrected chi connectivity index (χ3v) is 5.80. The minimum Gasteiger partial charge on any atom is -0.872 e. The second kappa shape index (κ2) is 9.30. The van der Waals surface area contributed by atoms with E-state index in [0.29, 0.717) is 16.8 Å². The number of aryl methyl sites for hydroxylation is 1. The summed E-state index contributed by atoms with van der Waals surface area (Å²) in [5, 5.41) is 13.8. The first-order valence-corrected chi connectivity index (χ1v) is 10.8. The first-order chi connectivity index (χ1) is 16.3. The number of nitrogens with one attached hydrogen (secondary N) is 2. The van der Waals surface area contributed by atoms with E-state index in [1.807, 2.05) is 6.07 Å². The van der Waals surface area contributed by atoms with Crippen molar-refractivity contribution in [1.29, 1.82) is 0 Å². The molecule has 2 N–H and O–H groups in total. The average molecular weight is 460 g/mol. The minimum atomic E-state index is -0.916. The van der Waals surface area contributed by atoms with E-state index in [9.17, 15) is 19.5 Å². The molecule has 1 fully saturated rings. The molecular formula is C25H24N4O5. The summed E-state index contributed by atoms with van der Waals surface area (Å²) in [5.41, 5.74) is 2.26. The quantitative estimate of drug-likeness (QED) is 0.256. The molecule has 9 nitrogen and oxygen atoms in total. The Labute approximate surface area is 196 Å². The summed E-state index contributed by atoms with van der Waals surface area (Å²) in [5.74, 6) is -2.82. The molecule has 4 heterocycles. The van der Waals surface area contributed by atoms with Gasteiger partial charge in [0, 0.05) is 35.3 Å². The van der Waals surface area contributed by atoms with Gasteiger partial charge in [-0.05, 0) is 49.6 Å². The number of carbonyl (C=O) groups is 3. The number of carbonyl (C=O) groups excluding carboxylic acids is 3. The largest absolute Gasteiger partial charge is 0.872 e. The molecule has 1 saturated heterocycles. The van der Waals surface area contributed by atoms with Crippen LogP contribution in [0.2, 0.25) is 0 Å². The number of pyridine rings is 2. The zero-order valence-corrected chi connectivity index (χ0v) is 19.0. The highest BCUT2D eigenvalue weighted by molar-refractivity contribution is 6.46. The first-order valence-electron chi connectivity index (χ1n) is 10.8. The van der Waals surface area contributed by atoms with Crippen LogP contribution >= 0.6 is 0 Å². The van der Waals surface area contributed by atoms with Crippen LogP contribution < -0.4 is 10.1 Å². The zero-order chi connectivity index (χ0) is 24.4. The second-order valence-electron chi connectivity index (χ2n) is 7.95. The van der Waals surface area contributed by atoms with Crippen LogP contribution in [-0.4, -0.2) is 39.1 Å². The predicted octanol–water partition coefficient (Wildman–Crippen LogP) is 1.44. The van der Waals surface area contributed by atoms with E-state index in [-0.39, 0.29) is 30.0 Å². The predicted molar refractivity (Wildman–Crippen MR) is 119 cm³/mol. The molecule has 1 atom stereocenters. The Bertz CT molecular complexity index is 1280. The number of nitrogens with zero attached hydrogens (tertiary/aromatic N) is 2. The number of Topliss-reactive ketones (excluding diaryl/α,β-unsaturated/α-hetero) is 1. The molecule has 0 saturated carbocycles. The number of hydrogen-bond donors (Lipinski definition) is 1. The number of aromatic nitrogens is 3. The Balaban J connectivity index is 1.88. The smallest absolute Gasteiger partial charge is 0.355 e. The maximum atomic E-state index is 13.8. The maximum absolute atomic E-state index is 13.8. The average Bonchev–Trinajstić information content (AvgIpc) is 3.27. The highest BCUT2D eigenvalue weighted by Crippen LogP contribution is 2.40. The van der Waals surface area contributed by atoms with Crippen molar-refractivity contribution in [3.05, 3.63) is 88.3 Å². The van der Waals surface area contributed by atoms with Crippen LogP contribution in [0.4, 0.5) is 0 Å². The number of esters is 1. The van der Waals surface area contributed by atoms with E-state index in [1.165, 1.54) is 11.1 Å². The number of hydrogen-bond acceptors (Lipinski definition) is 6. The maximum Gasteiger partial charge on any atom is 0.355 e. The fraction of sp³-hybridized carbons (Fsp3) is 0.240. The van der Waals surface area contributed by atoms with Gasteiger partial charge in [0.15, 0.2) is 12.4 Å². The van der Waals surface area contributed by atoms with Crippen molar-refractivity contribution in [2.75, 3.05) is 6.61 Å². The Morgan fingerprint density at radius 2 is 2.06 bits per heavy atom. The van der Waals surface area contributed by atoms with Crippen LogP contribution in [0.5, 0.6) is 0 Å². The zero-order valence-electron chi connectivity index (χ0n) is 19.0. The van der Waals surface area contributed by atoms with E-state index in [0.717, 1.165) is 5.56 Å². The van der Waals surface area contributed by atoms with Gasteiger partial charge in [-0.25, -0.2) is 9.78 Å². The number of amides is 1. The number of ether oxygens (including phenoxy) is 1. The van der Waals surface area contributed by atoms with Crippen molar-refractivity contribution < 1.29 is 29.2 Å². The molecule has 0 aromatic carbocycles. The minimum absolute atomic E-state index is 0.122. The number of ketones is 1. The van der Waals surface area contributed by atoms with E-state index in [1.54, 1.807) is 57.6 Å². The van der Waals surface area contributed by atoms with Crippen molar-refractivity contribution in [3.63, 3.8) is 0 Å². The van der Waals surface area contributed by atoms with Crippen LogP contribution in [0.25, 0.3) is 5.76 Å². The lowest BCUT2D eigenvalue weighted by Crippen LogP contribution is -2.29. The van der Waals surface area contributed by atoms with E-state index in [2.05, 4.69) is 15.0 Å². The van der Waals surface area contributed by atoms with Crippen LogP contribution in [0.3, 0.4) is 0 Å². The number of H-pyrrole nitrogens is 2. The molecule has 0 aliphatic carbocycles. The molecule has 1 amide bonds. The summed E-state index contributed by atoms with van der Waals surface area (Å²) in [6.07, 6.45) is 6.57. The fourth-order valence-electron chi connectivity index (χ4n) is 4.28. The Morgan fingerprint density at radius 1 is 1.26 bits per heavy atom. The fourth-order valence-corrected chi connectivity index (χ4v) is 4.28. The third-order valence-electron chi connectivity index (χ3n) is 5.80. The summed E-state index contributed by atoms with van der Waals surface area (Å²) >= 11 is 0. The Hall–Kier alpha value is -4.27. The normalized spacial score (nSPS) is 17.3. The van der Waals surface area contributed by atoms with Crippen LogP contribution in [0.15, 0.2) is 54.6 Å². The molecule has 0 bridgehead atoms. The van der Waals surface area contributed by atoms with Gasteiger partial charge < -0.3 is 19.7 Å². The summed E-state index contributed by atoms with van der Waals surface area (Å²) < 4.78 is 5.07. The number of aromatic amines is 2. The summed E-state index contributed by atoms with van der Waals surface area (Å²) in [7, 11) is 0. The summed E-state index contributed by atoms with van der Waals surface area (Å²) in [4.78, 5) is 50.0. The lowest BCUT2D eigenvalue weighted by molar-refractivity contribution is -0.378. The topological polar surface area (TPSA) is 130 Å². The second-order valence-corrected chi connectivity index (χ2v) is 7.95. The highest BCUT2D eigenvalue weighted by atomic mass is 16.5. The van der Waals surface area contributed by atoms with Crippen molar-refractivity contribution in [3.8, 4) is 0 Å². The van der Waals surface area contributed by atoms with Gasteiger partial charge in [0.1, 0.15) is 5.69 Å².